The SMILES string of the molecule is O=C(N/N=C/c1cc(-c2ccccc2)n(-c2ccc([N+](=O)[O-])cc2)c1-c1ccccc1)c1ccccc1. The quantitative estimate of drug-likeness (QED) is 0.162. The van der Waals surface area contributed by atoms with E-state index in [9.17, 15) is 14.9 Å². The Morgan fingerprint density at radius 1 is 0.784 bits per heavy atom. The van der Waals surface area contributed by atoms with Crippen molar-refractivity contribution < 1.29 is 9.72 Å². The van der Waals surface area contributed by atoms with Crippen molar-refractivity contribution in [2.24, 2.45) is 5.10 Å². The highest BCUT2D eigenvalue weighted by Crippen LogP contribution is 2.35. The van der Waals surface area contributed by atoms with Gasteiger partial charge in [-0.15, -0.1) is 0 Å². The third-order valence-electron chi connectivity index (χ3n) is 5.87. The van der Waals surface area contributed by atoms with Crippen LogP contribution in [0.25, 0.3) is 28.2 Å². The zero-order chi connectivity index (χ0) is 25.6. The van der Waals surface area contributed by atoms with Crippen molar-refractivity contribution in [1.82, 2.24) is 9.99 Å². The normalized spacial score (nSPS) is 10.9. The summed E-state index contributed by atoms with van der Waals surface area (Å²) in [6.07, 6.45) is 1.62. The number of hydrazone groups is 1. The summed E-state index contributed by atoms with van der Waals surface area (Å²) in [7, 11) is 0. The van der Waals surface area contributed by atoms with E-state index in [1.54, 1.807) is 42.6 Å². The van der Waals surface area contributed by atoms with Crippen molar-refractivity contribution in [3.05, 3.63) is 143 Å². The highest BCUT2D eigenvalue weighted by Gasteiger charge is 2.19. The van der Waals surface area contributed by atoms with Crippen molar-refractivity contribution in [2.45, 2.75) is 0 Å². The van der Waals surface area contributed by atoms with Gasteiger partial charge in [-0.3, -0.25) is 14.9 Å². The lowest BCUT2D eigenvalue weighted by Gasteiger charge is -2.15. The highest BCUT2D eigenvalue weighted by molar-refractivity contribution is 5.97. The van der Waals surface area contributed by atoms with Gasteiger partial charge in [0.25, 0.3) is 11.6 Å². The minimum atomic E-state index is -0.414. The standard InChI is InChI=1S/C30H22N4O3/c35-30(24-14-8-3-9-15-24)32-31-21-25-20-28(22-10-4-1-5-11-22)33(29(25)23-12-6-2-7-13-23)26-16-18-27(19-17-26)34(36)37/h1-21H,(H,32,35)/b31-21+. The van der Waals surface area contributed by atoms with Crippen molar-refractivity contribution in [2.75, 3.05) is 0 Å². The fraction of sp³-hybridized carbons (Fsp3) is 0. The second kappa shape index (κ2) is 10.5. The highest BCUT2D eigenvalue weighted by atomic mass is 16.6. The molecule has 0 fully saturated rings. The molecule has 0 unspecified atom stereocenters. The number of aromatic nitrogens is 1. The molecule has 0 aliphatic heterocycles. The Morgan fingerprint density at radius 2 is 1.35 bits per heavy atom. The van der Waals surface area contributed by atoms with Crippen LogP contribution in [0.4, 0.5) is 5.69 Å². The predicted molar refractivity (Wildman–Crippen MR) is 145 cm³/mol. The number of hydrogen-bond acceptors (Lipinski definition) is 4. The molecule has 7 heteroatoms. The second-order valence-corrected chi connectivity index (χ2v) is 8.24. The third kappa shape index (κ3) is 5.06. The van der Waals surface area contributed by atoms with Gasteiger partial charge < -0.3 is 4.57 Å². The molecule has 180 valence electrons. The first kappa shape index (κ1) is 23.4. The summed E-state index contributed by atoms with van der Waals surface area (Å²) in [6.45, 7) is 0. The minimum absolute atomic E-state index is 0.0174. The fourth-order valence-electron chi connectivity index (χ4n) is 4.15. The van der Waals surface area contributed by atoms with Crippen LogP contribution in [0.3, 0.4) is 0 Å². The van der Waals surface area contributed by atoms with Gasteiger partial charge >= 0.3 is 0 Å². The molecule has 7 nitrogen and oxygen atoms in total. The van der Waals surface area contributed by atoms with E-state index in [4.69, 9.17) is 0 Å². The molecular weight excluding hydrogens is 464 g/mol. The van der Waals surface area contributed by atoms with Gasteiger partial charge in [0.1, 0.15) is 0 Å². The van der Waals surface area contributed by atoms with Gasteiger partial charge in [0.2, 0.25) is 0 Å². The average Bonchev–Trinajstić information content (AvgIpc) is 3.34. The molecule has 37 heavy (non-hydrogen) atoms. The zero-order valence-corrected chi connectivity index (χ0v) is 19.7. The van der Waals surface area contributed by atoms with E-state index >= 15 is 0 Å². The van der Waals surface area contributed by atoms with Crippen molar-refractivity contribution in [3.63, 3.8) is 0 Å². The van der Waals surface area contributed by atoms with Gasteiger partial charge in [0.15, 0.2) is 0 Å². The number of non-ortho nitro benzene ring substituents is 1. The van der Waals surface area contributed by atoms with E-state index in [0.717, 1.165) is 33.8 Å². The Bertz CT molecular complexity index is 1560. The first-order chi connectivity index (χ1) is 18.1. The molecule has 1 heterocycles. The third-order valence-corrected chi connectivity index (χ3v) is 5.87. The zero-order valence-electron chi connectivity index (χ0n) is 19.7. The summed E-state index contributed by atoms with van der Waals surface area (Å²) >= 11 is 0. The predicted octanol–water partition coefficient (Wildman–Crippen LogP) is 6.48. The number of nitro benzene ring substituents is 1. The van der Waals surface area contributed by atoms with Gasteiger partial charge in [-0.2, -0.15) is 5.10 Å². The summed E-state index contributed by atoms with van der Waals surface area (Å²) in [6, 6.07) is 37.0. The lowest BCUT2D eigenvalue weighted by Crippen LogP contribution is -2.17. The van der Waals surface area contributed by atoms with Gasteiger partial charge in [0, 0.05) is 28.9 Å². The summed E-state index contributed by atoms with van der Waals surface area (Å²) in [5.74, 6) is -0.309. The molecular formula is C30H22N4O3. The van der Waals surface area contributed by atoms with E-state index in [1.165, 1.54) is 12.1 Å². The average molecular weight is 487 g/mol. The number of rotatable bonds is 7. The minimum Gasteiger partial charge on any atom is -0.309 e. The molecule has 0 aliphatic rings. The molecule has 4 aromatic carbocycles. The molecule has 0 atom stereocenters. The monoisotopic (exact) mass is 486 g/mol. The van der Waals surface area contributed by atoms with Crippen LogP contribution in [0.2, 0.25) is 0 Å². The summed E-state index contributed by atoms with van der Waals surface area (Å²) in [5.41, 5.74) is 8.27. The molecule has 5 rings (SSSR count). The molecule has 0 radical (unpaired) electrons. The van der Waals surface area contributed by atoms with E-state index in [1.807, 2.05) is 72.8 Å². The largest absolute Gasteiger partial charge is 0.309 e. The van der Waals surface area contributed by atoms with E-state index in [2.05, 4.69) is 15.1 Å². The van der Waals surface area contributed by atoms with E-state index in [0.29, 0.717) is 5.56 Å². The lowest BCUT2D eigenvalue weighted by molar-refractivity contribution is -0.384. The number of nitrogens with one attached hydrogen (secondary N) is 1. The Balaban J connectivity index is 1.65. The Hall–Kier alpha value is -5.30. The maximum Gasteiger partial charge on any atom is 0.271 e. The molecule has 0 spiro atoms. The molecule has 1 aromatic heterocycles. The number of benzene rings is 4. The van der Waals surface area contributed by atoms with Gasteiger partial charge in [-0.05, 0) is 41.5 Å². The molecule has 5 aromatic rings. The molecule has 1 N–H and O–H groups in total. The topological polar surface area (TPSA) is 89.5 Å². The second-order valence-electron chi connectivity index (χ2n) is 8.24. The summed E-state index contributed by atoms with van der Waals surface area (Å²) in [5, 5.41) is 15.5. The van der Waals surface area contributed by atoms with Gasteiger partial charge in [-0.1, -0.05) is 78.9 Å². The van der Waals surface area contributed by atoms with Gasteiger partial charge in [0.05, 0.1) is 22.5 Å². The van der Waals surface area contributed by atoms with Crippen molar-refractivity contribution in [3.8, 4) is 28.2 Å². The van der Waals surface area contributed by atoms with Crippen LogP contribution < -0.4 is 5.43 Å². The van der Waals surface area contributed by atoms with E-state index in [-0.39, 0.29) is 11.6 Å². The molecule has 0 saturated heterocycles. The number of carbonyl (C=O) groups is 1. The van der Waals surface area contributed by atoms with Crippen LogP contribution in [-0.4, -0.2) is 21.6 Å². The number of nitrogens with zero attached hydrogens (tertiary/aromatic N) is 3. The molecule has 0 bridgehead atoms. The van der Waals surface area contributed by atoms with Crippen molar-refractivity contribution >= 4 is 17.8 Å². The maximum atomic E-state index is 12.5. The van der Waals surface area contributed by atoms with Crippen LogP contribution in [-0.2, 0) is 0 Å². The first-order valence-electron chi connectivity index (χ1n) is 11.6. The van der Waals surface area contributed by atoms with E-state index < -0.39 is 4.92 Å². The first-order valence-corrected chi connectivity index (χ1v) is 11.6. The van der Waals surface area contributed by atoms with Crippen LogP contribution in [0.5, 0.6) is 0 Å². The van der Waals surface area contributed by atoms with Crippen LogP contribution in [0.15, 0.2) is 126 Å². The van der Waals surface area contributed by atoms with Crippen LogP contribution >= 0.6 is 0 Å². The number of nitro groups is 1. The van der Waals surface area contributed by atoms with Gasteiger partial charge in [-0.25, -0.2) is 5.43 Å². The summed E-state index contributed by atoms with van der Waals surface area (Å²) < 4.78 is 2.05. The fourth-order valence-corrected chi connectivity index (χ4v) is 4.15. The maximum absolute atomic E-state index is 12.5. The molecule has 1 amide bonds. The number of carbonyl (C=O) groups excluding carboxylic acids is 1. The van der Waals surface area contributed by atoms with Crippen LogP contribution in [0, 0.1) is 10.1 Å². The van der Waals surface area contributed by atoms with Crippen LogP contribution in [0.1, 0.15) is 15.9 Å². The summed E-state index contributed by atoms with van der Waals surface area (Å²) in [4.78, 5) is 23.3. The molecule has 0 saturated carbocycles. The Labute approximate surface area is 213 Å². The Morgan fingerprint density at radius 3 is 1.95 bits per heavy atom. The number of amides is 1. The smallest absolute Gasteiger partial charge is 0.271 e. The molecule has 0 aliphatic carbocycles. The Kier molecular flexibility index (Phi) is 6.67. The number of hydrogen-bond donors (Lipinski definition) is 1. The van der Waals surface area contributed by atoms with Crippen molar-refractivity contribution in [1.29, 1.82) is 0 Å². The lowest BCUT2D eigenvalue weighted by atomic mass is 10.1.